The normalized spacial score (nSPS) is 25.8. The summed E-state index contributed by atoms with van der Waals surface area (Å²) in [6.45, 7) is 2.58. The van der Waals surface area contributed by atoms with Gasteiger partial charge in [-0.15, -0.1) is 0 Å². The zero-order chi connectivity index (χ0) is 13.5. The van der Waals surface area contributed by atoms with Gasteiger partial charge >= 0.3 is 0 Å². The van der Waals surface area contributed by atoms with E-state index in [9.17, 15) is 5.11 Å². The van der Waals surface area contributed by atoms with E-state index in [1.807, 2.05) is 6.07 Å². The van der Waals surface area contributed by atoms with E-state index in [1.165, 1.54) is 37.7 Å². The Morgan fingerprint density at radius 3 is 2.68 bits per heavy atom. The first kappa shape index (κ1) is 14.5. The van der Waals surface area contributed by atoms with E-state index in [0.717, 1.165) is 12.3 Å². The maximum absolute atomic E-state index is 9.58. The van der Waals surface area contributed by atoms with Gasteiger partial charge in [0.05, 0.1) is 6.61 Å². The van der Waals surface area contributed by atoms with E-state index < -0.39 is 0 Å². The molecule has 0 radical (unpaired) electrons. The molecule has 19 heavy (non-hydrogen) atoms. The minimum atomic E-state index is 0.195. The van der Waals surface area contributed by atoms with Gasteiger partial charge in [0.1, 0.15) is 0 Å². The van der Waals surface area contributed by atoms with Crippen LogP contribution in [0.25, 0.3) is 0 Å². The largest absolute Gasteiger partial charge is 0.395 e. The quantitative estimate of drug-likeness (QED) is 0.798. The minimum Gasteiger partial charge on any atom is -0.395 e. The van der Waals surface area contributed by atoms with Crippen molar-refractivity contribution in [3.63, 3.8) is 0 Å². The van der Waals surface area contributed by atoms with Gasteiger partial charge in [-0.25, -0.2) is 0 Å². The van der Waals surface area contributed by atoms with Crippen LogP contribution in [-0.2, 0) is 6.42 Å². The summed E-state index contributed by atoms with van der Waals surface area (Å²) < 4.78 is 0. The van der Waals surface area contributed by atoms with Crippen LogP contribution in [0.15, 0.2) is 30.3 Å². The number of aliphatic hydroxyl groups is 1. The molecule has 1 aromatic carbocycles. The molecule has 106 valence electrons. The summed E-state index contributed by atoms with van der Waals surface area (Å²) >= 11 is 0. The lowest BCUT2D eigenvalue weighted by molar-refractivity contribution is 0.225. The molecule has 2 unspecified atom stereocenters. The number of rotatable bonds is 5. The Hall–Kier alpha value is -0.860. The monoisotopic (exact) mass is 261 g/mol. The first-order chi connectivity index (χ1) is 9.28. The molecular weight excluding hydrogens is 234 g/mol. The molecule has 1 saturated carbocycles. The van der Waals surface area contributed by atoms with Crippen LogP contribution in [0.2, 0.25) is 0 Å². The Labute approximate surface area is 117 Å². The molecular formula is C17H27NO. The van der Waals surface area contributed by atoms with Crippen molar-refractivity contribution >= 4 is 0 Å². The maximum atomic E-state index is 9.58. The zero-order valence-corrected chi connectivity index (χ0v) is 12.0. The Bertz CT molecular complexity index is 352. The molecule has 1 aliphatic rings. The van der Waals surface area contributed by atoms with Crippen LogP contribution in [0.5, 0.6) is 0 Å². The summed E-state index contributed by atoms with van der Waals surface area (Å²) in [7, 11) is 0. The average Bonchev–Trinajstić information content (AvgIpc) is 2.64. The van der Waals surface area contributed by atoms with E-state index in [-0.39, 0.29) is 12.6 Å². The molecule has 1 aromatic rings. The van der Waals surface area contributed by atoms with E-state index >= 15 is 0 Å². The molecule has 2 heteroatoms. The van der Waals surface area contributed by atoms with E-state index in [1.54, 1.807) is 0 Å². The van der Waals surface area contributed by atoms with Crippen molar-refractivity contribution in [1.82, 2.24) is 5.32 Å². The number of benzene rings is 1. The highest BCUT2D eigenvalue weighted by atomic mass is 16.3. The third-order valence-corrected chi connectivity index (χ3v) is 4.27. The lowest BCUT2D eigenvalue weighted by atomic mass is 10.0. The van der Waals surface area contributed by atoms with E-state index in [0.29, 0.717) is 6.04 Å². The molecule has 0 heterocycles. The fourth-order valence-corrected chi connectivity index (χ4v) is 3.06. The van der Waals surface area contributed by atoms with Gasteiger partial charge in [0, 0.05) is 12.1 Å². The van der Waals surface area contributed by atoms with Gasteiger partial charge in [0.15, 0.2) is 0 Å². The summed E-state index contributed by atoms with van der Waals surface area (Å²) in [6, 6.07) is 11.2. The van der Waals surface area contributed by atoms with Gasteiger partial charge in [-0.1, -0.05) is 50.1 Å². The van der Waals surface area contributed by atoms with E-state index in [4.69, 9.17) is 0 Å². The second-order valence-electron chi connectivity index (χ2n) is 6.05. The van der Waals surface area contributed by atoms with Gasteiger partial charge in [0.25, 0.3) is 0 Å². The number of hydrogen-bond donors (Lipinski definition) is 2. The molecule has 2 rings (SSSR count). The van der Waals surface area contributed by atoms with Crippen LogP contribution in [0.4, 0.5) is 0 Å². The molecule has 0 spiro atoms. The van der Waals surface area contributed by atoms with Crippen LogP contribution in [0.3, 0.4) is 0 Å². The summed E-state index contributed by atoms with van der Waals surface area (Å²) in [6.07, 6.45) is 7.44. The van der Waals surface area contributed by atoms with Crippen LogP contribution < -0.4 is 5.32 Å². The van der Waals surface area contributed by atoms with Crippen LogP contribution in [0.1, 0.15) is 44.6 Å². The summed E-state index contributed by atoms with van der Waals surface area (Å²) in [5.74, 6) is 0.869. The molecule has 1 aliphatic carbocycles. The second-order valence-corrected chi connectivity index (χ2v) is 6.05. The van der Waals surface area contributed by atoms with Crippen molar-refractivity contribution < 1.29 is 5.11 Å². The van der Waals surface area contributed by atoms with Gasteiger partial charge in [-0.2, -0.15) is 0 Å². The summed E-state index contributed by atoms with van der Waals surface area (Å²) in [5.41, 5.74) is 1.30. The number of nitrogens with one attached hydrogen (secondary N) is 1. The molecule has 2 N–H and O–H groups in total. The lowest BCUT2D eigenvalue weighted by Gasteiger charge is -2.23. The number of aliphatic hydroxyl groups excluding tert-OH is 1. The molecule has 0 amide bonds. The first-order valence-corrected chi connectivity index (χ1v) is 7.68. The standard InChI is InChI=1S/C17H27NO/c1-14-6-5-9-16(11-10-14)18-17(13-19)12-15-7-3-2-4-8-15/h2-4,7-8,14,16-19H,5-6,9-13H2,1H3/t14?,16?,17-/m0/s1. The topological polar surface area (TPSA) is 32.3 Å². The van der Waals surface area contributed by atoms with Gasteiger partial charge < -0.3 is 10.4 Å². The summed E-state index contributed by atoms with van der Waals surface area (Å²) in [5, 5.41) is 13.2. The molecule has 2 nitrogen and oxygen atoms in total. The smallest absolute Gasteiger partial charge is 0.0587 e. The average molecular weight is 261 g/mol. The van der Waals surface area contributed by atoms with Crippen LogP contribution >= 0.6 is 0 Å². The highest BCUT2D eigenvalue weighted by Gasteiger charge is 2.19. The summed E-state index contributed by atoms with van der Waals surface area (Å²) in [4.78, 5) is 0. The third-order valence-electron chi connectivity index (χ3n) is 4.27. The predicted octanol–water partition coefficient (Wildman–Crippen LogP) is 3.15. The van der Waals surface area contributed by atoms with Gasteiger partial charge in [-0.3, -0.25) is 0 Å². The minimum absolute atomic E-state index is 0.195. The molecule has 0 aliphatic heterocycles. The first-order valence-electron chi connectivity index (χ1n) is 7.68. The Kier molecular flexibility index (Phi) is 5.87. The highest BCUT2D eigenvalue weighted by Crippen LogP contribution is 2.23. The van der Waals surface area contributed by atoms with Crippen LogP contribution in [-0.4, -0.2) is 23.8 Å². The van der Waals surface area contributed by atoms with Gasteiger partial charge in [-0.05, 0) is 37.2 Å². The lowest BCUT2D eigenvalue weighted by Crippen LogP contribution is -2.41. The van der Waals surface area contributed by atoms with Gasteiger partial charge in [0.2, 0.25) is 0 Å². The van der Waals surface area contributed by atoms with Crippen molar-refractivity contribution in [1.29, 1.82) is 0 Å². The predicted molar refractivity (Wildman–Crippen MR) is 80.2 cm³/mol. The van der Waals surface area contributed by atoms with Crippen molar-refractivity contribution in [2.75, 3.05) is 6.61 Å². The fourth-order valence-electron chi connectivity index (χ4n) is 3.06. The van der Waals surface area contributed by atoms with Crippen molar-refractivity contribution in [2.24, 2.45) is 5.92 Å². The van der Waals surface area contributed by atoms with Crippen molar-refractivity contribution in [2.45, 2.75) is 57.5 Å². The molecule has 3 atom stereocenters. The Balaban J connectivity index is 1.84. The van der Waals surface area contributed by atoms with Crippen molar-refractivity contribution in [3.05, 3.63) is 35.9 Å². The molecule has 1 fully saturated rings. The SMILES string of the molecule is CC1CCCC(N[C@H](CO)Cc2ccccc2)CC1. The Morgan fingerprint density at radius 1 is 1.16 bits per heavy atom. The maximum Gasteiger partial charge on any atom is 0.0587 e. The highest BCUT2D eigenvalue weighted by molar-refractivity contribution is 5.16. The molecule has 0 saturated heterocycles. The molecule has 0 bridgehead atoms. The van der Waals surface area contributed by atoms with E-state index in [2.05, 4.69) is 36.5 Å². The fraction of sp³-hybridized carbons (Fsp3) is 0.647. The molecule has 0 aromatic heterocycles. The van der Waals surface area contributed by atoms with Crippen LogP contribution in [0, 0.1) is 5.92 Å². The van der Waals surface area contributed by atoms with Crippen molar-refractivity contribution in [3.8, 4) is 0 Å². The zero-order valence-electron chi connectivity index (χ0n) is 12.0. The Morgan fingerprint density at radius 2 is 1.95 bits per heavy atom. The third kappa shape index (κ3) is 4.96. The number of hydrogen-bond acceptors (Lipinski definition) is 2. The second kappa shape index (κ2) is 7.66.